The predicted molar refractivity (Wildman–Crippen MR) is 88.1 cm³/mol. The molecule has 21 heavy (non-hydrogen) atoms. The van der Waals surface area contributed by atoms with Crippen LogP contribution < -0.4 is 5.32 Å². The van der Waals surface area contributed by atoms with Crippen molar-refractivity contribution in [1.29, 1.82) is 0 Å². The van der Waals surface area contributed by atoms with E-state index in [1.165, 1.54) is 5.56 Å². The van der Waals surface area contributed by atoms with Crippen LogP contribution in [-0.2, 0) is 17.8 Å². The number of nitrogens with one attached hydrogen (secondary N) is 1. The lowest BCUT2D eigenvalue weighted by molar-refractivity contribution is -0.136. The minimum Gasteiger partial charge on any atom is -0.481 e. The summed E-state index contributed by atoms with van der Waals surface area (Å²) < 4.78 is 0. The van der Waals surface area contributed by atoms with Crippen LogP contribution in [0.3, 0.4) is 0 Å². The highest BCUT2D eigenvalue weighted by molar-refractivity contribution is 7.12. The topological polar surface area (TPSA) is 49.3 Å². The average molecular weight is 303 g/mol. The first-order chi connectivity index (χ1) is 10.1. The summed E-state index contributed by atoms with van der Waals surface area (Å²) in [7, 11) is 0. The number of carboxylic acids is 1. The Bertz CT molecular complexity index is 589. The summed E-state index contributed by atoms with van der Waals surface area (Å²) in [5.41, 5.74) is 2.46. The predicted octanol–water partition coefficient (Wildman–Crippen LogP) is 4.50. The van der Waals surface area contributed by atoms with E-state index in [9.17, 15) is 4.79 Å². The van der Waals surface area contributed by atoms with E-state index in [0.717, 1.165) is 28.4 Å². The first kappa shape index (κ1) is 15.6. The molecule has 2 aromatic rings. The molecule has 0 amide bonds. The number of carboxylic acid groups (broad SMARTS) is 1. The third-order valence-electron chi connectivity index (χ3n) is 3.60. The van der Waals surface area contributed by atoms with E-state index >= 15 is 0 Å². The zero-order valence-electron chi connectivity index (χ0n) is 12.4. The number of anilines is 1. The van der Waals surface area contributed by atoms with Crippen molar-refractivity contribution in [2.75, 3.05) is 5.32 Å². The number of thiophene rings is 1. The zero-order chi connectivity index (χ0) is 15.2. The second-order valence-electron chi connectivity index (χ2n) is 5.22. The van der Waals surface area contributed by atoms with Crippen LogP contribution in [0.25, 0.3) is 0 Å². The molecule has 0 aliphatic heterocycles. The highest BCUT2D eigenvalue weighted by Gasteiger charge is 2.05. The zero-order valence-corrected chi connectivity index (χ0v) is 13.2. The fourth-order valence-electron chi connectivity index (χ4n) is 2.12. The Balaban J connectivity index is 1.90. The lowest BCUT2D eigenvalue weighted by atomic mass is 9.99. The second-order valence-corrected chi connectivity index (χ2v) is 6.48. The Morgan fingerprint density at radius 2 is 1.86 bits per heavy atom. The van der Waals surface area contributed by atoms with E-state index in [-0.39, 0.29) is 6.42 Å². The molecule has 1 aromatic carbocycles. The molecule has 0 fully saturated rings. The molecule has 1 unspecified atom stereocenters. The molecule has 3 nitrogen and oxygen atoms in total. The van der Waals surface area contributed by atoms with Gasteiger partial charge in [0.1, 0.15) is 0 Å². The van der Waals surface area contributed by atoms with Crippen LogP contribution in [0.4, 0.5) is 5.69 Å². The molecule has 2 N–H and O–H groups in total. The molecule has 1 aromatic heterocycles. The molecule has 0 saturated heterocycles. The van der Waals surface area contributed by atoms with Crippen LogP contribution >= 0.6 is 11.3 Å². The van der Waals surface area contributed by atoms with Gasteiger partial charge in [0.25, 0.3) is 0 Å². The monoisotopic (exact) mass is 303 g/mol. The van der Waals surface area contributed by atoms with Crippen molar-refractivity contribution in [2.45, 2.75) is 39.2 Å². The van der Waals surface area contributed by atoms with Gasteiger partial charge < -0.3 is 10.4 Å². The van der Waals surface area contributed by atoms with Crippen LogP contribution in [0.2, 0.25) is 0 Å². The quantitative estimate of drug-likeness (QED) is 0.791. The molecule has 0 saturated carbocycles. The van der Waals surface area contributed by atoms with Gasteiger partial charge in [0.2, 0.25) is 0 Å². The highest BCUT2D eigenvalue weighted by Crippen LogP contribution is 2.22. The SMILES string of the molecule is CCC(C)c1ccc(NCc2ccc(CC(=O)O)s2)cc1. The maximum atomic E-state index is 10.7. The number of carbonyl (C=O) groups is 1. The standard InChI is InChI=1S/C17H21NO2S/c1-3-12(2)13-4-6-14(7-5-13)18-11-16-9-8-15(21-16)10-17(19)20/h4-9,12,18H,3,10-11H2,1-2H3,(H,19,20). The molecular formula is C17H21NO2S. The summed E-state index contributed by atoms with van der Waals surface area (Å²) in [6, 6.07) is 12.4. The van der Waals surface area contributed by atoms with E-state index in [1.54, 1.807) is 11.3 Å². The van der Waals surface area contributed by atoms with Crippen LogP contribution in [-0.4, -0.2) is 11.1 Å². The van der Waals surface area contributed by atoms with E-state index < -0.39 is 5.97 Å². The maximum absolute atomic E-state index is 10.7. The molecule has 0 aliphatic carbocycles. The Morgan fingerprint density at radius 1 is 1.19 bits per heavy atom. The number of hydrogen-bond acceptors (Lipinski definition) is 3. The second kappa shape index (κ2) is 7.27. The molecule has 112 valence electrons. The van der Waals surface area contributed by atoms with Gasteiger partial charge in [0.05, 0.1) is 6.42 Å². The normalized spacial score (nSPS) is 12.1. The lowest BCUT2D eigenvalue weighted by Crippen LogP contribution is -1.98. The van der Waals surface area contributed by atoms with Gasteiger partial charge >= 0.3 is 5.97 Å². The lowest BCUT2D eigenvalue weighted by Gasteiger charge is -2.10. The fourth-order valence-corrected chi connectivity index (χ4v) is 3.06. The molecule has 1 atom stereocenters. The molecule has 0 bridgehead atoms. The molecule has 4 heteroatoms. The molecular weight excluding hydrogens is 282 g/mol. The van der Waals surface area contributed by atoms with E-state index in [4.69, 9.17) is 5.11 Å². The van der Waals surface area contributed by atoms with Gasteiger partial charge in [0, 0.05) is 22.0 Å². The molecule has 1 heterocycles. The highest BCUT2D eigenvalue weighted by atomic mass is 32.1. The van der Waals surface area contributed by atoms with Crippen molar-refractivity contribution in [3.63, 3.8) is 0 Å². The molecule has 0 radical (unpaired) electrons. The third kappa shape index (κ3) is 4.60. The summed E-state index contributed by atoms with van der Waals surface area (Å²) in [5.74, 6) is -0.188. The van der Waals surface area contributed by atoms with E-state index in [2.05, 4.69) is 43.4 Å². The van der Waals surface area contributed by atoms with E-state index in [1.807, 2.05) is 12.1 Å². The van der Waals surface area contributed by atoms with Gasteiger partial charge in [-0.25, -0.2) is 0 Å². The first-order valence-electron chi connectivity index (χ1n) is 7.21. The fraction of sp³-hybridized carbons (Fsp3) is 0.353. The first-order valence-corrected chi connectivity index (χ1v) is 8.03. The van der Waals surface area contributed by atoms with Crippen molar-refractivity contribution in [3.8, 4) is 0 Å². The van der Waals surface area contributed by atoms with Crippen LogP contribution in [0.15, 0.2) is 36.4 Å². The number of benzene rings is 1. The molecule has 0 aliphatic rings. The van der Waals surface area contributed by atoms with Gasteiger partial charge in [-0.1, -0.05) is 26.0 Å². The van der Waals surface area contributed by atoms with Crippen molar-refractivity contribution in [2.24, 2.45) is 0 Å². The number of hydrogen-bond donors (Lipinski definition) is 2. The van der Waals surface area contributed by atoms with Gasteiger partial charge in [-0.2, -0.15) is 0 Å². The Kier molecular flexibility index (Phi) is 5.39. The number of rotatable bonds is 7. The summed E-state index contributed by atoms with van der Waals surface area (Å²) in [6.45, 7) is 5.16. The van der Waals surface area contributed by atoms with Crippen LogP contribution in [0.1, 0.15) is 41.5 Å². The maximum Gasteiger partial charge on any atom is 0.308 e. The van der Waals surface area contributed by atoms with Crippen molar-refractivity contribution in [3.05, 3.63) is 51.7 Å². The molecule has 2 rings (SSSR count). The Hall–Kier alpha value is -1.81. The van der Waals surface area contributed by atoms with Gasteiger partial charge in [-0.05, 0) is 42.2 Å². The van der Waals surface area contributed by atoms with Crippen molar-refractivity contribution < 1.29 is 9.90 Å². The molecule has 0 spiro atoms. The van der Waals surface area contributed by atoms with Gasteiger partial charge in [-0.3, -0.25) is 4.79 Å². The minimum absolute atomic E-state index is 0.105. The summed E-state index contributed by atoms with van der Waals surface area (Å²) in [6.07, 6.45) is 1.25. The summed E-state index contributed by atoms with van der Waals surface area (Å²) in [4.78, 5) is 12.7. The number of aliphatic carboxylic acids is 1. The largest absolute Gasteiger partial charge is 0.481 e. The summed E-state index contributed by atoms with van der Waals surface area (Å²) in [5, 5.41) is 12.1. The average Bonchev–Trinajstić information content (AvgIpc) is 2.91. The Labute approximate surface area is 129 Å². The van der Waals surface area contributed by atoms with Gasteiger partial charge in [0.15, 0.2) is 0 Å². The van der Waals surface area contributed by atoms with E-state index in [0.29, 0.717) is 5.92 Å². The summed E-state index contributed by atoms with van der Waals surface area (Å²) >= 11 is 1.55. The van der Waals surface area contributed by atoms with Crippen molar-refractivity contribution >= 4 is 23.0 Å². The smallest absolute Gasteiger partial charge is 0.308 e. The Morgan fingerprint density at radius 3 is 2.48 bits per heavy atom. The van der Waals surface area contributed by atoms with Crippen LogP contribution in [0.5, 0.6) is 0 Å². The minimum atomic E-state index is -0.781. The third-order valence-corrected chi connectivity index (χ3v) is 4.69. The van der Waals surface area contributed by atoms with Gasteiger partial charge in [-0.15, -0.1) is 11.3 Å². The van der Waals surface area contributed by atoms with Crippen molar-refractivity contribution in [1.82, 2.24) is 0 Å². The van der Waals surface area contributed by atoms with Crippen LogP contribution in [0, 0.1) is 0 Å².